The van der Waals surface area contributed by atoms with Crippen LogP contribution in [0.4, 0.5) is 0 Å². The molecular weight excluding hydrogens is 180 g/mol. The molecule has 0 aromatic heterocycles. The fraction of sp³-hybridized carbons (Fsp3) is 0.733. The van der Waals surface area contributed by atoms with Crippen molar-refractivity contribution in [2.75, 3.05) is 0 Å². The van der Waals surface area contributed by atoms with Gasteiger partial charge >= 0.3 is 0 Å². The van der Waals surface area contributed by atoms with Crippen LogP contribution >= 0.6 is 0 Å². The Kier molecular flexibility index (Phi) is 5.14. The molecule has 1 unspecified atom stereocenters. The van der Waals surface area contributed by atoms with Crippen LogP contribution in [0.1, 0.15) is 59.3 Å². The van der Waals surface area contributed by atoms with Crippen molar-refractivity contribution in [3.63, 3.8) is 0 Å². The van der Waals surface area contributed by atoms with E-state index in [1.165, 1.54) is 44.1 Å². The molecule has 0 heteroatoms. The number of unbranched alkanes of at least 4 members (excludes halogenated alkanes) is 1. The second kappa shape index (κ2) is 6.15. The molecule has 0 nitrogen and oxygen atoms in total. The molecule has 0 heterocycles. The van der Waals surface area contributed by atoms with Gasteiger partial charge in [-0.2, -0.15) is 0 Å². The first-order chi connectivity index (χ1) is 7.09. The molecule has 1 aliphatic rings. The van der Waals surface area contributed by atoms with E-state index in [2.05, 4.69) is 33.4 Å². The van der Waals surface area contributed by atoms with E-state index in [1.54, 1.807) is 5.57 Å². The van der Waals surface area contributed by atoms with E-state index in [4.69, 9.17) is 0 Å². The van der Waals surface area contributed by atoms with Gasteiger partial charge < -0.3 is 0 Å². The maximum absolute atomic E-state index is 4.12. The summed E-state index contributed by atoms with van der Waals surface area (Å²) >= 11 is 0. The van der Waals surface area contributed by atoms with Gasteiger partial charge in [-0.25, -0.2) is 0 Å². The Hall–Kier alpha value is -0.520. The van der Waals surface area contributed by atoms with Gasteiger partial charge in [0, 0.05) is 0 Å². The Morgan fingerprint density at radius 1 is 1.33 bits per heavy atom. The molecule has 86 valence electrons. The van der Waals surface area contributed by atoms with Gasteiger partial charge in [-0.3, -0.25) is 0 Å². The first kappa shape index (κ1) is 12.5. The molecule has 1 atom stereocenters. The fourth-order valence-electron chi connectivity index (χ4n) is 2.02. The summed E-state index contributed by atoms with van der Waals surface area (Å²) in [6.07, 6.45) is 10.4. The summed E-state index contributed by atoms with van der Waals surface area (Å²) in [5, 5.41) is 0. The van der Waals surface area contributed by atoms with Gasteiger partial charge in [0.15, 0.2) is 0 Å². The van der Waals surface area contributed by atoms with Crippen LogP contribution in [0.15, 0.2) is 23.8 Å². The van der Waals surface area contributed by atoms with Gasteiger partial charge in [-0.05, 0) is 38.0 Å². The normalized spacial score (nSPS) is 16.4. The lowest BCUT2D eigenvalue weighted by Gasteiger charge is -2.15. The minimum absolute atomic E-state index is 0.755. The van der Waals surface area contributed by atoms with Gasteiger partial charge in [0.05, 0.1) is 0 Å². The second-order valence-corrected chi connectivity index (χ2v) is 5.49. The molecule has 0 saturated carbocycles. The maximum Gasteiger partial charge on any atom is -0.0136 e. The van der Waals surface area contributed by atoms with E-state index in [1.807, 2.05) is 0 Å². The molecule has 0 radical (unpaired) electrons. The second-order valence-electron chi connectivity index (χ2n) is 5.49. The predicted octanol–water partition coefficient (Wildman–Crippen LogP) is 5.12. The lowest BCUT2D eigenvalue weighted by molar-refractivity contribution is 0.476. The fourth-order valence-corrected chi connectivity index (χ4v) is 2.02. The Morgan fingerprint density at radius 2 is 1.93 bits per heavy atom. The van der Waals surface area contributed by atoms with Gasteiger partial charge in [0.2, 0.25) is 0 Å². The maximum atomic E-state index is 4.12. The summed E-state index contributed by atoms with van der Waals surface area (Å²) in [7, 11) is 0. The quantitative estimate of drug-likeness (QED) is 0.382. The summed E-state index contributed by atoms with van der Waals surface area (Å²) in [6, 6.07) is 0. The Bertz CT molecular complexity index is 232. The standard InChI is InChI=1S/C15H26/c1-12(2)7-5-6-8-15(13(3)4)11-14-9-10-14/h9,12,15H,3,5-8,10-11H2,1-2,4H3. The zero-order valence-corrected chi connectivity index (χ0v) is 10.7. The Morgan fingerprint density at radius 3 is 2.40 bits per heavy atom. The van der Waals surface area contributed by atoms with Crippen molar-refractivity contribution in [2.24, 2.45) is 11.8 Å². The minimum atomic E-state index is 0.755. The highest BCUT2D eigenvalue weighted by Crippen LogP contribution is 2.32. The van der Waals surface area contributed by atoms with Gasteiger partial charge in [-0.15, -0.1) is 0 Å². The van der Waals surface area contributed by atoms with Crippen molar-refractivity contribution < 1.29 is 0 Å². The zero-order chi connectivity index (χ0) is 11.3. The van der Waals surface area contributed by atoms with Crippen LogP contribution in [0.2, 0.25) is 0 Å². The van der Waals surface area contributed by atoms with Crippen molar-refractivity contribution in [3.05, 3.63) is 23.8 Å². The van der Waals surface area contributed by atoms with Gasteiger partial charge in [0.1, 0.15) is 0 Å². The molecule has 0 amide bonds. The summed E-state index contributed by atoms with van der Waals surface area (Å²) in [5.41, 5.74) is 3.04. The smallest absolute Gasteiger partial charge is 0.0136 e. The highest BCUT2D eigenvalue weighted by atomic mass is 14.2. The van der Waals surface area contributed by atoms with Gasteiger partial charge in [-0.1, -0.05) is 56.9 Å². The van der Waals surface area contributed by atoms with Gasteiger partial charge in [0.25, 0.3) is 0 Å². The SMILES string of the molecule is C=C(C)C(CCCCC(C)C)CC1=CC1. The molecule has 0 aromatic rings. The molecule has 0 spiro atoms. The van der Waals surface area contributed by atoms with Crippen molar-refractivity contribution in [1.82, 2.24) is 0 Å². The van der Waals surface area contributed by atoms with Crippen LogP contribution in [0.3, 0.4) is 0 Å². The highest BCUT2D eigenvalue weighted by Gasteiger charge is 2.15. The molecule has 1 aliphatic carbocycles. The molecule has 0 bridgehead atoms. The van der Waals surface area contributed by atoms with Crippen LogP contribution in [0.25, 0.3) is 0 Å². The molecular formula is C15H26. The topological polar surface area (TPSA) is 0 Å². The number of allylic oxidation sites excluding steroid dienone is 3. The highest BCUT2D eigenvalue weighted by molar-refractivity contribution is 5.23. The summed E-state index contributed by atoms with van der Waals surface area (Å²) in [5.74, 6) is 1.62. The third-order valence-corrected chi connectivity index (χ3v) is 3.28. The predicted molar refractivity (Wildman–Crippen MR) is 68.9 cm³/mol. The average Bonchev–Trinajstić information content (AvgIpc) is 2.93. The summed E-state index contributed by atoms with van der Waals surface area (Å²) in [4.78, 5) is 0. The Balaban J connectivity index is 2.13. The molecule has 0 saturated heterocycles. The molecule has 15 heavy (non-hydrogen) atoms. The van der Waals surface area contributed by atoms with Crippen molar-refractivity contribution in [1.29, 1.82) is 0 Å². The minimum Gasteiger partial charge on any atom is -0.0998 e. The van der Waals surface area contributed by atoms with Crippen LogP contribution in [0, 0.1) is 11.8 Å². The monoisotopic (exact) mass is 206 g/mol. The third kappa shape index (κ3) is 5.81. The lowest BCUT2D eigenvalue weighted by atomic mass is 9.90. The van der Waals surface area contributed by atoms with Crippen molar-refractivity contribution in [2.45, 2.75) is 59.3 Å². The van der Waals surface area contributed by atoms with E-state index >= 15 is 0 Å². The molecule has 0 fully saturated rings. The molecule has 1 rings (SSSR count). The van der Waals surface area contributed by atoms with Crippen LogP contribution < -0.4 is 0 Å². The summed E-state index contributed by atoms with van der Waals surface area (Å²) < 4.78 is 0. The number of hydrogen-bond donors (Lipinski definition) is 0. The lowest BCUT2D eigenvalue weighted by Crippen LogP contribution is -2.01. The molecule has 0 aromatic carbocycles. The van der Waals surface area contributed by atoms with E-state index in [0.29, 0.717) is 0 Å². The van der Waals surface area contributed by atoms with E-state index in [9.17, 15) is 0 Å². The Labute approximate surface area is 95.5 Å². The van der Waals surface area contributed by atoms with Crippen LogP contribution in [0.5, 0.6) is 0 Å². The van der Waals surface area contributed by atoms with E-state index < -0.39 is 0 Å². The molecule has 0 N–H and O–H groups in total. The molecule has 0 aliphatic heterocycles. The van der Waals surface area contributed by atoms with Crippen LogP contribution in [-0.2, 0) is 0 Å². The van der Waals surface area contributed by atoms with E-state index in [0.717, 1.165) is 11.8 Å². The number of hydrogen-bond acceptors (Lipinski definition) is 0. The van der Waals surface area contributed by atoms with Crippen molar-refractivity contribution >= 4 is 0 Å². The average molecular weight is 206 g/mol. The zero-order valence-electron chi connectivity index (χ0n) is 10.7. The van der Waals surface area contributed by atoms with Crippen LogP contribution in [-0.4, -0.2) is 0 Å². The number of rotatable bonds is 8. The van der Waals surface area contributed by atoms with E-state index in [-0.39, 0.29) is 0 Å². The first-order valence-electron chi connectivity index (χ1n) is 6.43. The third-order valence-electron chi connectivity index (χ3n) is 3.28. The summed E-state index contributed by atoms with van der Waals surface area (Å²) in [6.45, 7) is 10.9. The largest absolute Gasteiger partial charge is 0.0998 e. The van der Waals surface area contributed by atoms with Crippen molar-refractivity contribution in [3.8, 4) is 0 Å². The first-order valence-corrected chi connectivity index (χ1v) is 6.43.